The van der Waals surface area contributed by atoms with E-state index in [4.69, 9.17) is 32.7 Å². The Bertz CT molecular complexity index is 698. The minimum atomic E-state index is -0.106. The molecule has 1 aliphatic rings. The number of Topliss-reactive ketones (excluding diaryl/α,β-unsaturated/α-hetero) is 1. The lowest BCUT2D eigenvalue weighted by molar-refractivity contribution is 0.0992. The second-order valence-electron chi connectivity index (χ2n) is 4.67. The number of carbonyl (C=O) groups is 1. The van der Waals surface area contributed by atoms with E-state index in [1.54, 1.807) is 18.2 Å². The van der Waals surface area contributed by atoms with Crippen LogP contribution in [0.2, 0.25) is 10.0 Å². The molecule has 0 bridgehead atoms. The molecule has 108 valence electrons. The van der Waals surface area contributed by atoms with Gasteiger partial charge >= 0.3 is 0 Å². The molecule has 5 heteroatoms. The number of ketones is 1. The zero-order valence-corrected chi connectivity index (χ0v) is 12.6. The van der Waals surface area contributed by atoms with Gasteiger partial charge in [0.05, 0.1) is 5.02 Å². The summed E-state index contributed by atoms with van der Waals surface area (Å²) in [5, 5.41) is 0.927. The van der Waals surface area contributed by atoms with Crippen molar-refractivity contribution in [2.45, 2.75) is 6.42 Å². The smallest absolute Gasteiger partial charge is 0.168 e. The molecule has 0 saturated carbocycles. The van der Waals surface area contributed by atoms with Gasteiger partial charge in [-0.2, -0.15) is 0 Å². The Kier molecular flexibility index (Phi) is 4.04. The standard InChI is InChI=1S/C16H12Cl2O3/c17-12-4-2-1-3-10(12)7-14(19)11-8-15-16(9-13(11)18)21-6-5-20-15/h1-4,8-9H,5-7H2. The molecular formula is C16H12Cl2O3. The number of halogens is 2. The molecule has 0 aromatic heterocycles. The summed E-state index contributed by atoms with van der Waals surface area (Å²) in [5.41, 5.74) is 1.19. The highest BCUT2D eigenvalue weighted by Gasteiger charge is 2.19. The summed E-state index contributed by atoms with van der Waals surface area (Å²) in [4.78, 5) is 12.4. The van der Waals surface area contributed by atoms with Crippen molar-refractivity contribution in [1.29, 1.82) is 0 Å². The van der Waals surface area contributed by atoms with Crippen LogP contribution in [0.5, 0.6) is 11.5 Å². The third kappa shape index (κ3) is 2.99. The van der Waals surface area contributed by atoms with Gasteiger partial charge in [-0.25, -0.2) is 0 Å². The highest BCUT2D eigenvalue weighted by molar-refractivity contribution is 6.34. The van der Waals surface area contributed by atoms with Crippen LogP contribution in [0.4, 0.5) is 0 Å². The van der Waals surface area contributed by atoms with Crippen molar-refractivity contribution in [2.75, 3.05) is 13.2 Å². The number of ether oxygens (including phenoxy) is 2. The molecule has 0 radical (unpaired) electrons. The van der Waals surface area contributed by atoms with Gasteiger partial charge in [0.25, 0.3) is 0 Å². The van der Waals surface area contributed by atoms with Crippen molar-refractivity contribution in [3.05, 3.63) is 57.6 Å². The molecule has 2 aromatic rings. The van der Waals surface area contributed by atoms with E-state index in [1.807, 2.05) is 18.2 Å². The minimum absolute atomic E-state index is 0.106. The number of carbonyl (C=O) groups excluding carboxylic acids is 1. The topological polar surface area (TPSA) is 35.5 Å². The average Bonchev–Trinajstić information content (AvgIpc) is 2.49. The van der Waals surface area contributed by atoms with Crippen molar-refractivity contribution in [3.63, 3.8) is 0 Å². The van der Waals surface area contributed by atoms with Crippen LogP contribution in [0.3, 0.4) is 0 Å². The molecule has 2 aromatic carbocycles. The summed E-state index contributed by atoms with van der Waals surface area (Å²) in [6.45, 7) is 0.947. The molecule has 21 heavy (non-hydrogen) atoms. The lowest BCUT2D eigenvalue weighted by Gasteiger charge is -2.19. The van der Waals surface area contributed by atoms with Crippen molar-refractivity contribution < 1.29 is 14.3 Å². The fraction of sp³-hybridized carbons (Fsp3) is 0.188. The first-order valence-electron chi connectivity index (χ1n) is 6.51. The summed E-state index contributed by atoms with van der Waals surface area (Å²) in [6.07, 6.45) is 0.193. The quantitative estimate of drug-likeness (QED) is 0.795. The lowest BCUT2D eigenvalue weighted by Crippen LogP contribution is -2.16. The van der Waals surface area contributed by atoms with E-state index in [0.29, 0.717) is 40.3 Å². The molecule has 0 N–H and O–H groups in total. The molecule has 0 amide bonds. The fourth-order valence-corrected chi connectivity index (χ4v) is 2.65. The highest BCUT2D eigenvalue weighted by Crippen LogP contribution is 2.36. The van der Waals surface area contributed by atoms with Gasteiger partial charge in [0.15, 0.2) is 17.3 Å². The molecule has 3 rings (SSSR count). The van der Waals surface area contributed by atoms with Gasteiger partial charge in [0.2, 0.25) is 0 Å². The maximum absolute atomic E-state index is 12.4. The average molecular weight is 323 g/mol. The van der Waals surface area contributed by atoms with E-state index in [2.05, 4.69) is 0 Å². The summed E-state index contributed by atoms with van der Waals surface area (Å²) in [7, 11) is 0. The molecule has 1 aliphatic heterocycles. The van der Waals surface area contributed by atoms with E-state index in [1.165, 1.54) is 0 Å². The van der Waals surface area contributed by atoms with Gasteiger partial charge in [-0.1, -0.05) is 41.4 Å². The van der Waals surface area contributed by atoms with Crippen molar-refractivity contribution in [3.8, 4) is 11.5 Å². The molecule has 3 nitrogen and oxygen atoms in total. The zero-order chi connectivity index (χ0) is 14.8. The Hall–Kier alpha value is -1.71. The predicted molar refractivity (Wildman–Crippen MR) is 81.9 cm³/mol. The number of hydrogen-bond donors (Lipinski definition) is 0. The molecule has 0 atom stereocenters. The normalized spacial score (nSPS) is 13.0. The molecule has 0 unspecified atom stereocenters. The van der Waals surface area contributed by atoms with Crippen LogP contribution in [0.15, 0.2) is 36.4 Å². The van der Waals surface area contributed by atoms with E-state index in [0.717, 1.165) is 5.56 Å². The number of benzene rings is 2. The van der Waals surface area contributed by atoms with Gasteiger partial charge in [-0.3, -0.25) is 4.79 Å². The van der Waals surface area contributed by atoms with E-state index < -0.39 is 0 Å². The van der Waals surface area contributed by atoms with Crippen molar-refractivity contribution in [1.82, 2.24) is 0 Å². The Balaban J connectivity index is 1.89. The molecule has 0 spiro atoms. The first-order valence-corrected chi connectivity index (χ1v) is 7.26. The number of rotatable bonds is 3. The van der Waals surface area contributed by atoms with Gasteiger partial charge in [0.1, 0.15) is 13.2 Å². The van der Waals surface area contributed by atoms with Gasteiger partial charge in [0, 0.05) is 23.1 Å². The lowest BCUT2D eigenvalue weighted by atomic mass is 10.0. The van der Waals surface area contributed by atoms with Crippen LogP contribution in [0.1, 0.15) is 15.9 Å². The van der Waals surface area contributed by atoms with E-state index >= 15 is 0 Å². The summed E-state index contributed by atoms with van der Waals surface area (Å²) in [6, 6.07) is 10.5. The van der Waals surface area contributed by atoms with Crippen molar-refractivity contribution >= 4 is 29.0 Å². The third-order valence-corrected chi connectivity index (χ3v) is 3.92. The predicted octanol–water partition coefficient (Wildman–Crippen LogP) is 4.19. The van der Waals surface area contributed by atoms with E-state index in [-0.39, 0.29) is 12.2 Å². The molecule has 0 saturated heterocycles. The van der Waals surface area contributed by atoms with Crippen LogP contribution in [-0.2, 0) is 6.42 Å². The van der Waals surface area contributed by atoms with Gasteiger partial charge < -0.3 is 9.47 Å². The Labute approximate surface area is 132 Å². The van der Waals surface area contributed by atoms with Crippen LogP contribution < -0.4 is 9.47 Å². The van der Waals surface area contributed by atoms with Gasteiger partial charge in [-0.05, 0) is 17.7 Å². The Morgan fingerprint density at radius 3 is 2.38 bits per heavy atom. The van der Waals surface area contributed by atoms with Crippen molar-refractivity contribution in [2.24, 2.45) is 0 Å². The second kappa shape index (κ2) is 5.96. The van der Waals surface area contributed by atoms with E-state index in [9.17, 15) is 4.79 Å². The number of fused-ring (bicyclic) bond motifs is 1. The first-order chi connectivity index (χ1) is 10.1. The summed E-state index contributed by atoms with van der Waals surface area (Å²) in [5.74, 6) is 1.01. The molecule has 0 aliphatic carbocycles. The largest absolute Gasteiger partial charge is 0.486 e. The van der Waals surface area contributed by atoms with Crippen LogP contribution >= 0.6 is 23.2 Å². The highest BCUT2D eigenvalue weighted by atomic mass is 35.5. The maximum atomic E-state index is 12.4. The summed E-state index contributed by atoms with van der Waals surface area (Å²) < 4.78 is 10.9. The Morgan fingerprint density at radius 2 is 1.67 bits per heavy atom. The maximum Gasteiger partial charge on any atom is 0.168 e. The molecule has 0 fully saturated rings. The fourth-order valence-electron chi connectivity index (χ4n) is 2.19. The zero-order valence-electron chi connectivity index (χ0n) is 11.1. The third-order valence-electron chi connectivity index (χ3n) is 3.24. The van der Waals surface area contributed by atoms with Crippen LogP contribution in [-0.4, -0.2) is 19.0 Å². The molecular weight excluding hydrogens is 311 g/mol. The monoisotopic (exact) mass is 322 g/mol. The number of hydrogen-bond acceptors (Lipinski definition) is 3. The second-order valence-corrected chi connectivity index (χ2v) is 5.48. The minimum Gasteiger partial charge on any atom is -0.486 e. The first kappa shape index (κ1) is 14.2. The SMILES string of the molecule is O=C(Cc1ccccc1Cl)c1cc2c(cc1Cl)OCCO2. The Morgan fingerprint density at radius 1 is 1.00 bits per heavy atom. The molecule has 1 heterocycles. The van der Waals surface area contributed by atoms with Crippen LogP contribution in [0.25, 0.3) is 0 Å². The van der Waals surface area contributed by atoms with Gasteiger partial charge in [-0.15, -0.1) is 0 Å². The summed E-state index contributed by atoms with van der Waals surface area (Å²) >= 11 is 12.3. The van der Waals surface area contributed by atoms with Crippen LogP contribution in [0, 0.1) is 0 Å².